The van der Waals surface area contributed by atoms with Crippen molar-refractivity contribution in [3.05, 3.63) is 89.7 Å². The maximum Gasteiger partial charge on any atom is 0.256 e. The van der Waals surface area contributed by atoms with E-state index in [4.69, 9.17) is 9.47 Å². The van der Waals surface area contributed by atoms with E-state index in [9.17, 15) is 9.18 Å². The molecule has 0 radical (unpaired) electrons. The molecule has 0 aliphatic heterocycles. The highest BCUT2D eigenvalue weighted by molar-refractivity contribution is 7.20. The summed E-state index contributed by atoms with van der Waals surface area (Å²) in [4.78, 5) is 17.3. The summed E-state index contributed by atoms with van der Waals surface area (Å²) < 4.78 is 23.8. The third-order valence-electron chi connectivity index (χ3n) is 4.81. The summed E-state index contributed by atoms with van der Waals surface area (Å²) in [6, 6.07) is 20.2. The molecule has 4 aromatic rings. The van der Waals surface area contributed by atoms with Gasteiger partial charge in [0.25, 0.3) is 5.91 Å². The van der Waals surface area contributed by atoms with Crippen LogP contribution in [0.3, 0.4) is 0 Å². The average molecular weight is 477 g/mol. The number of anilines is 2. The van der Waals surface area contributed by atoms with Crippen LogP contribution in [0.5, 0.6) is 11.5 Å². The molecule has 0 unspecified atom stereocenters. The second kappa shape index (κ2) is 10.6. The molecule has 4 rings (SSSR count). The Morgan fingerprint density at radius 3 is 2.50 bits per heavy atom. The Morgan fingerprint density at radius 2 is 1.79 bits per heavy atom. The molecule has 9 heteroatoms. The molecule has 2 N–H and O–H groups in total. The van der Waals surface area contributed by atoms with Crippen LogP contribution in [0.2, 0.25) is 0 Å². The van der Waals surface area contributed by atoms with Crippen molar-refractivity contribution >= 4 is 33.6 Å². The summed E-state index contributed by atoms with van der Waals surface area (Å²) >= 11 is 1.24. The SMILES string of the molecule is COc1ccc(/C=N/Nc2nc(-c3ccccc3)c(NC(=O)c3ccc(F)cc3)s2)c(OC)c1. The van der Waals surface area contributed by atoms with Gasteiger partial charge in [0, 0.05) is 22.8 Å². The predicted molar refractivity (Wildman–Crippen MR) is 133 cm³/mol. The van der Waals surface area contributed by atoms with Gasteiger partial charge in [0.2, 0.25) is 5.13 Å². The van der Waals surface area contributed by atoms with E-state index in [1.165, 1.54) is 35.6 Å². The van der Waals surface area contributed by atoms with E-state index in [0.717, 1.165) is 11.1 Å². The lowest BCUT2D eigenvalue weighted by atomic mass is 10.1. The van der Waals surface area contributed by atoms with Gasteiger partial charge in [-0.1, -0.05) is 41.7 Å². The number of methoxy groups -OCH3 is 2. The quantitative estimate of drug-likeness (QED) is 0.253. The van der Waals surface area contributed by atoms with Gasteiger partial charge in [0.15, 0.2) is 0 Å². The van der Waals surface area contributed by atoms with E-state index in [1.807, 2.05) is 42.5 Å². The molecule has 0 bridgehead atoms. The first kappa shape index (κ1) is 22.9. The topological polar surface area (TPSA) is 84.8 Å². The number of carbonyl (C=O) groups excluding carboxylic acids is 1. The molecule has 0 saturated carbocycles. The number of aromatic nitrogens is 1. The molecule has 1 heterocycles. The van der Waals surface area contributed by atoms with Gasteiger partial charge in [0.05, 0.1) is 20.4 Å². The first-order chi connectivity index (χ1) is 16.6. The Hall–Kier alpha value is -4.24. The van der Waals surface area contributed by atoms with Crippen LogP contribution in [-0.4, -0.2) is 31.3 Å². The maximum atomic E-state index is 13.2. The molecular weight excluding hydrogens is 455 g/mol. The van der Waals surface area contributed by atoms with Crippen molar-refractivity contribution in [2.24, 2.45) is 5.10 Å². The summed E-state index contributed by atoms with van der Waals surface area (Å²) in [6.45, 7) is 0. The normalized spacial score (nSPS) is 10.8. The highest BCUT2D eigenvalue weighted by Crippen LogP contribution is 2.36. The number of thiazole rings is 1. The Balaban J connectivity index is 1.58. The lowest BCUT2D eigenvalue weighted by Gasteiger charge is -2.06. The molecule has 0 aliphatic rings. The van der Waals surface area contributed by atoms with Crippen molar-refractivity contribution in [2.45, 2.75) is 0 Å². The summed E-state index contributed by atoms with van der Waals surface area (Å²) in [5.74, 6) is 0.521. The molecule has 1 aromatic heterocycles. The summed E-state index contributed by atoms with van der Waals surface area (Å²) in [6.07, 6.45) is 1.61. The number of hydrogen-bond acceptors (Lipinski definition) is 7. The van der Waals surface area contributed by atoms with E-state index in [0.29, 0.717) is 32.9 Å². The van der Waals surface area contributed by atoms with Gasteiger partial charge >= 0.3 is 0 Å². The molecule has 34 heavy (non-hydrogen) atoms. The Bertz CT molecular complexity index is 1310. The van der Waals surface area contributed by atoms with Crippen molar-refractivity contribution < 1.29 is 18.7 Å². The van der Waals surface area contributed by atoms with Crippen LogP contribution in [0.1, 0.15) is 15.9 Å². The molecule has 3 aromatic carbocycles. The van der Waals surface area contributed by atoms with E-state index in [1.54, 1.807) is 26.5 Å². The first-order valence-electron chi connectivity index (χ1n) is 10.2. The number of benzene rings is 3. The predicted octanol–water partition coefficient (Wildman–Crippen LogP) is 5.66. The number of ether oxygens (including phenoxy) is 2. The van der Waals surface area contributed by atoms with Crippen molar-refractivity contribution in [3.8, 4) is 22.8 Å². The minimum Gasteiger partial charge on any atom is -0.497 e. The summed E-state index contributed by atoms with van der Waals surface area (Å²) in [7, 11) is 3.16. The van der Waals surface area contributed by atoms with Crippen LogP contribution in [0.15, 0.2) is 77.9 Å². The number of nitrogens with one attached hydrogen (secondary N) is 2. The number of rotatable bonds is 8. The van der Waals surface area contributed by atoms with Crippen molar-refractivity contribution in [3.63, 3.8) is 0 Å². The second-order valence-corrected chi connectivity index (χ2v) is 8.00. The monoisotopic (exact) mass is 476 g/mol. The van der Waals surface area contributed by atoms with Crippen molar-refractivity contribution in [1.82, 2.24) is 4.98 Å². The minimum atomic E-state index is -0.405. The van der Waals surface area contributed by atoms with Crippen LogP contribution in [0.25, 0.3) is 11.3 Å². The third kappa shape index (κ3) is 5.38. The van der Waals surface area contributed by atoms with Gasteiger partial charge in [-0.3, -0.25) is 10.2 Å². The van der Waals surface area contributed by atoms with Crippen LogP contribution in [-0.2, 0) is 0 Å². The first-order valence-corrected chi connectivity index (χ1v) is 11.0. The number of halogens is 1. The van der Waals surface area contributed by atoms with E-state index in [2.05, 4.69) is 20.8 Å². The van der Waals surface area contributed by atoms with Gasteiger partial charge in [-0.15, -0.1) is 0 Å². The van der Waals surface area contributed by atoms with Gasteiger partial charge in [-0.2, -0.15) is 5.10 Å². The highest BCUT2D eigenvalue weighted by atomic mass is 32.1. The lowest BCUT2D eigenvalue weighted by molar-refractivity contribution is 0.102. The number of hydrazone groups is 1. The third-order valence-corrected chi connectivity index (χ3v) is 5.69. The number of amides is 1. The lowest BCUT2D eigenvalue weighted by Crippen LogP contribution is -2.11. The maximum absolute atomic E-state index is 13.2. The summed E-state index contributed by atoms with van der Waals surface area (Å²) in [5.41, 5.74) is 5.44. The van der Waals surface area contributed by atoms with E-state index in [-0.39, 0.29) is 5.91 Å². The zero-order valence-electron chi connectivity index (χ0n) is 18.4. The fraction of sp³-hybridized carbons (Fsp3) is 0.0800. The van der Waals surface area contributed by atoms with Crippen LogP contribution >= 0.6 is 11.3 Å². The molecule has 0 saturated heterocycles. The molecule has 7 nitrogen and oxygen atoms in total. The number of hydrogen-bond donors (Lipinski definition) is 2. The van der Waals surface area contributed by atoms with E-state index < -0.39 is 5.82 Å². The fourth-order valence-corrected chi connectivity index (χ4v) is 3.94. The zero-order valence-corrected chi connectivity index (χ0v) is 19.2. The van der Waals surface area contributed by atoms with Crippen molar-refractivity contribution in [1.29, 1.82) is 0 Å². The minimum absolute atomic E-state index is 0.341. The molecule has 0 fully saturated rings. The molecule has 0 aliphatic carbocycles. The molecule has 0 atom stereocenters. The molecule has 0 spiro atoms. The van der Waals surface area contributed by atoms with Crippen LogP contribution in [0.4, 0.5) is 14.5 Å². The largest absolute Gasteiger partial charge is 0.497 e. The molecular formula is C25H21FN4O3S. The van der Waals surface area contributed by atoms with Crippen molar-refractivity contribution in [2.75, 3.05) is 25.0 Å². The van der Waals surface area contributed by atoms with Crippen LogP contribution in [0, 0.1) is 5.82 Å². The number of nitrogens with zero attached hydrogens (tertiary/aromatic N) is 2. The highest BCUT2D eigenvalue weighted by Gasteiger charge is 2.16. The van der Waals surface area contributed by atoms with Crippen LogP contribution < -0.4 is 20.2 Å². The Kier molecular flexibility index (Phi) is 7.14. The van der Waals surface area contributed by atoms with Gasteiger partial charge in [0.1, 0.15) is 28.0 Å². The zero-order chi connectivity index (χ0) is 23.9. The standard InChI is InChI=1S/C25H21FN4O3S/c1-32-20-13-10-18(21(14-20)33-2)15-27-30-25-28-22(16-6-4-3-5-7-16)24(34-25)29-23(31)17-8-11-19(26)12-9-17/h3-15H,1-2H3,(H,28,30)(H,29,31)/b27-15+. The Morgan fingerprint density at radius 1 is 1.03 bits per heavy atom. The smallest absolute Gasteiger partial charge is 0.256 e. The molecule has 172 valence electrons. The molecule has 1 amide bonds. The van der Waals surface area contributed by atoms with E-state index >= 15 is 0 Å². The average Bonchev–Trinajstić information content (AvgIpc) is 3.27. The van der Waals surface area contributed by atoms with Gasteiger partial charge in [-0.05, 0) is 36.4 Å². The van der Waals surface area contributed by atoms with Gasteiger partial charge < -0.3 is 14.8 Å². The van der Waals surface area contributed by atoms with Gasteiger partial charge in [-0.25, -0.2) is 9.37 Å². The Labute approximate surface area is 199 Å². The number of carbonyl (C=O) groups is 1. The summed E-state index contributed by atoms with van der Waals surface area (Å²) in [5, 5.41) is 8.17. The second-order valence-electron chi connectivity index (χ2n) is 7.00. The fourth-order valence-electron chi connectivity index (χ4n) is 3.10.